The number of carbonyl (C=O) groups excluding carboxylic acids is 4. The van der Waals surface area contributed by atoms with E-state index < -0.39 is 53.1 Å². The molecule has 0 bridgehead atoms. The molecule has 200 valence electrons. The first-order valence-electron chi connectivity index (χ1n) is 11.7. The minimum absolute atomic E-state index is 0.0101. The fourth-order valence-corrected chi connectivity index (χ4v) is 4.54. The molecule has 2 aromatic rings. The van der Waals surface area contributed by atoms with Crippen molar-refractivity contribution in [2.24, 2.45) is 4.99 Å². The predicted octanol–water partition coefficient (Wildman–Crippen LogP) is 3.21. The van der Waals surface area contributed by atoms with E-state index in [1.165, 1.54) is 18.2 Å². The molecule has 0 aliphatic carbocycles. The second kappa shape index (κ2) is 10.4. The van der Waals surface area contributed by atoms with Crippen LogP contribution in [0.2, 0.25) is 0 Å². The normalized spacial score (nSPS) is 18.8. The Morgan fingerprint density at radius 2 is 1.84 bits per heavy atom. The molecule has 2 aliphatic rings. The van der Waals surface area contributed by atoms with E-state index in [2.05, 4.69) is 10.3 Å². The molecule has 2 heterocycles. The number of aliphatic imine (C=N–C) groups is 1. The van der Waals surface area contributed by atoms with Crippen LogP contribution in [0, 0.1) is 5.82 Å². The lowest BCUT2D eigenvalue weighted by Gasteiger charge is -2.29. The smallest absolute Gasteiger partial charge is 0.322 e. The summed E-state index contributed by atoms with van der Waals surface area (Å²) < 4.78 is 56.6. The summed E-state index contributed by atoms with van der Waals surface area (Å²) in [7, 11) is 3.65. The number of fused-ring (bicyclic) bond motifs is 1. The third kappa shape index (κ3) is 5.49. The summed E-state index contributed by atoms with van der Waals surface area (Å²) in [6, 6.07) is 6.89. The van der Waals surface area contributed by atoms with Gasteiger partial charge in [0.1, 0.15) is 17.8 Å². The maximum atomic E-state index is 15.3. The van der Waals surface area contributed by atoms with E-state index in [4.69, 9.17) is 0 Å². The second-order valence-corrected chi connectivity index (χ2v) is 9.44. The van der Waals surface area contributed by atoms with Gasteiger partial charge in [0, 0.05) is 30.3 Å². The lowest BCUT2D eigenvalue weighted by Crippen LogP contribution is -2.52. The Bertz CT molecular complexity index is 1320. The van der Waals surface area contributed by atoms with E-state index in [1.807, 2.05) is 19.0 Å². The molecule has 1 saturated heterocycles. The summed E-state index contributed by atoms with van der Waals surface area (Å²) in [5.74, 6) is -6.33. The van der Waals surface area contributed by atoms with Gasteiger partial charge in [-0.3, -0.25) is 24.5 Å². The van der Waals surface area contributed by atoms with Gasteiger partial charge < -0.3 is 9.80 Å². The molecule has 38 heavy (non-hydrogen) atoms. The Hall–Kier alpha value is -3.93. The van der Waals surface area contributed by atoms with E-state index in [9.17, 15) is 32.3 Å². The lowest BCUT2D eigenvalue weighted by molar-refractivity contribution is -0.137. The highest BCUT2D eigenvalue weighted by Gasteiger charge is 2.42. The van der Waals surface area contributed by atoms with Crippen LogP contribution in [0.15, 0.2) is 41.4 Å². The van der Waals surface area contributed by atoms with E-state index in [1.54, 1.807) is 12.1 Å². The topological polar surface area (TPSA) is 99.2 Å². The van der Waals surface area contributed by atoms with Crippen LogP contribution in [0.1, 0.15) is 56.2 Å². The molecule has 4 amide bonds. The number of nitrogens with one attached hydrogen (secondary N) is 1. The Morgan fingerprint density at radius 1 is 1.16 bits per heavy atom. The number of carbonyl (C=O) groups is 4. The fourth-order valence-electron chi connectivity index (χ4n) is 4.54. The van der Waals surface area contributed by atoms with Gasteiger partial charge in [0.25, 0.3) is 11.8 Å². The minimum Gasteiger partial charge on any atom is -0.322 e. The minimum atomic E-state index is -4.75. The van der Waals surface area contributed by atoms with Crippen LogP contribution >= 0.6 is 0 Å². The van der Waals surface area contributed by atoms with Gasteiger partial charge in [-0.25, -0.2) is 9.38 Å². The lowest BCUT2D eigenvalue weighted by atomic mass is 9.98. The van der Waals surface area contributed by atoms with Crippen molar-refractivity contribution in [1.29, 1.82) is 0 Å². The first-order valence-corrected chi connectivity index (χ1v) is 11.7. The van der Waals surface area contributed by atoms with Crippen molar-refractivity contribution in [1.82, 2.24) is 15.1 Å². The summed E-state index contributed by atoms with van der Waals surface area (Å²) in [6.45, 7) is 0.201. The van der Waals surface area contributed by atoms with E-state index >= 15 is 4.39 Å². The number of amides is 4. The standard InChI is InChI=1S/C26H24F4N4O4/c1-33(2)12-14-3-5-15(6-4-14)19(26(28,29)30)11-31-23(36)17-8-7-16-18(22(17)27)13-34(25(16)38)20-9-10-21(35)32-24(20)37/h3-8,11,19-20H,9-10,12-13H2,1-2H3,(H,32,35,37). The number of rotatable bonds is 6. The Kier molecular flexibility index (Phi) is 7.45. The third-order valence-electron chi connectivity index (χ3n) is 6.41. The molecule has 1 fully saturated rings. The van der Waals surface area contributed by atoms with Crippen LogP contribution in [-0.4, -0.2) is 66.0 Å². The number of benzene rings is 2. The van der Waals surface area contributed by atoms with Crippen molar-refractivity contribution in [3.05, 3.63) is 70.0 Å². The van der Waals surface area contributed by atoms with Gasteiger partial charge in [-0.05, 0) is 43.8 Å². The van der Waals surface area contributed by atoms with Gasteiger partial charge in [0.05, 0.1) is 12.1 Å². The molecule has 0 spiro atoms. The first kappa shape index (κ1) is 27.1. The monoisotopic (exact) mass is 532 g/mol. The van der Waals surface area contributed by atoms with Gasteiger partial charge in [0.15, 0.2) is 0 Å². The van der Waals surface area contributed by atoms with Crippen molar-refractivity contribution < 1.29 is 36.7 Å². The summed E-state index contributed by atoms with van der Waals surface area (Å²) in [5, 5.41) is 2.13. The Morgan fingerprint density at radius 3 is 2.45 bits per heavy atom. The fraction of sp³-hybridized carbons (Fsp3) is 0.346. The van der Waals surface area contributed by atoms with Gasteiger partial charge in [-0.1, -0.05) is 24.3 Å². The zero-order valence-corrected chi connectivity index (χ0v) is 20.5. The number of piperidine rings is 1. The Balaban J connectivity index is 1.55. The van der Waals surface area contributed by atoms with Crippen molar-refractivity contribution in [3.63, 3.8) is 0 Å². The molecule has 1 N–H and O–H groups in total. The Labute approximate surface area is 215 Å². The van der Waals surface area contributed by atoms with E-state index in [0.29, 0.717) is 12.8 Å². The molecule has 0 radical (unpaired) electrons. The number of hydrogen-bond acceptors (Lipinski definition) is 5. The largest absolute Gasteiger partial charge is 0.400 e. The van der Waals surface area contributed by atoms with Gasteiger partial charge >= 0.3 is 6.18 Å². The molecule has 4 rings (SSSR count). The van der Waals surface area contributed by atoms with Gasteiger partial charge in [0.2, 0.25) is 11.8 Å². The summed E-state index contributed by atoms with van der Waals surface area (Å²) >= 11 is 0. The number of alkyl halides is 3. The highest BCUT2D eigenvalue weighted by molar-refractivity contribution is 6.06. The number of hydrogen-bond donors (Lipinski definition) is 1. The molecule has 0 aromatic heterocycles. The van der Waals surface area contributed by atoms with Crippen LogP contribution < -0.4 is 5.32 Å². The van der Waals surface area contributed by atoms with Crippen LogP contribution in [0.4, 0.5) is 17.6 Å². The SMILES string of the molecule is CN(C)Cc1ccc(C(C=NC(=O)c2ccc3c(c2F)CN(C2CCC(=O)NC2=O)C3=O)C(F)(F)F)cc1. The number of nitrogens with zero attached hydrogens (tertiary/aromatic N) is 3. The number of halogens is 4. The zero-order chi connectivity index (χ0) is 27.8. The highest BCUT2D eigenvalue weighted by atomic mass is 19.4. The summed E-state index contributed by atoms with van der Waals surface area (Å²) in [6.07, 6.45) is -4.23. The van der Waals surface area contributed by atoms with E-state index in [0.717, 1.165) is 16.5 Å². The van der Waals surface area contributed by atoms with Gasteiger partial charge in [-0.2, -0.15) is 13.2 Å². The summed E-state index contributed by atoms with van der Waals surface area (Å²) in [5.41, 5.74) is -0.159. The van der Waals surface area contributed by atoms with Crippen molar-refractivity contribution in [3.8, 4) is 0 Å². The van der Waals surface area contributed by atoms with E-state index in [-0.39, 0.29) is 36.1 Å². The van der Waals surface area contributed by atoms with Crippen LogP contribution in [0.3, 0.4) is 0 Å². The molecule has 2 atom stereocenters. The quantitative estimate of drug-likeness (QED) is 0.350. The first-order chi connectivity index (χ1) is 17.9. The molecule has 0 saturated carbocycles. The molecule has 2 aliphatic heterocycles. The number of imide groups is 1. The van der Waals surface area contributed by atoms with Crippen LogP contribution in [-0.2, 0) is 22.7 Å². The van der Waals surface area contributed by atoms with Crippen molar-refractivity contribution in [2.75, 3.05) is 14.1 Å². The van der Waals surface area contributed by atoms with Crippen molar-refractivity contribution >= 4 is 29.8 Å². The highest BCUT2D eigenvalue weighted by Crippen LogP contribution is 2.34. The molecule has 2 aromatic carbocycles. The van der Waals surface area contributed by atoms with Crippen LogP contribution in [0.5, 0.6) is 0 Å². The molecule has 8 nitrogen and oxygen atoms in total. The molecular formula is C26H24F4N4O4. The molecule has 2 unspecified atom stereocenters. The zero-order valence-electron chi connectivity index (χ0n) is 20.5. The average Bonchev–Trinajstić information content (AvgIpc) is 3.16. The van der Waals surface area contributed by atoms with Crippen molar-refractivity contribution in [2.45, 2.75) is 44.1 Å². The van der Waals surface area contributed by atoms with Crippen LogP contribution in [0.25, 0.3) is 0 Å². The van der Waals surface area contributed by atoms with Gasteiger partial charge in [-0.15, -0.1) is 0 Å². The maximum absolute atomic E-state index is 15.3. The average molecular weight is 532 g/mol. The molecule has 12 heteroatoms. The predicted molar refractivity (Wildman–Crippen MR) is 128 cm³/mol. The third-order valence-corrected chi connectivity index (χ3v) is 6.41. The second-order valence-electron chi connectivity index (χ2n) is 9.44. The maximum Gasteiger partial charge on any atom is 0.400 e. The summed E-state index contributed by atoms with van der Waals surface area (Å²) in [4.78, 5) is 55.4. The molecular weight excluding hydrogens is 508 g/mol.